The highest BCUT2D eigenvalue weighted by molar-refractivity contribution is 7.89. The van der Waals surface area contributed by atoms with Gasteiger partial charge in [0, 0.05) is 19.6 Å². The van der Waals surface area contributed by atoms with E-state index < -0.39 is 10.0 Å². The monoisotopic (exact) mass is 388 g/mol. The Balaban J connectivity index is 1.60. The van der Waals surface area contributed by atoms with Crippen LogP contribution >= 0.6 is 0 Å². The summed E-state index contributed by atoms with van der Waals surface area (Å²) in [5.74, 6) is 0.313. The van der Waals surface area contributed by atoms with Crippen molar-refractivity contribution in [1.29, 1.82) is 0 Å². The summed E-state index contributed by atoms with van der Waals surface area (Å²) in [6.45, 7) is 1.07. The Hall–Kier alpha value is -2.38. The van der Waals surface area contributed by atoms with Crippen molar-refractivity contribution in [1.82, 2.24) is 9.62 Å². The Morgan fingerprint density at radius 2 is 1.85 bits per heavy atom. The molecule has 1 N–H and O–H groups in total. The second kappa shape index (κ2) is 8.54. The molecule has 0 unspecified atom stereocenters. The van der Waals surface area contributed by atoms with Gasteiger partial charge in [-0.3, -0.25) is 4.79 Å². The van der Waals surface area contributed by atoms with E-state index in [1.54, 1.807) is 37.4 Å². The molecule has 3 rings (SSSR count). The Morgan fingerprint density at radius 1 is 1.15 bits per heavy atom. The molecule has 1 fully saturated rings. The lowest BCUT2D eigenvalue weighted by atomic mass is 9.99. The van der Waals surface area contributed by atoms with E-state index in [1.165, 1.54) is 4.31 Å². The van der Waals surface area contributed by atoms with E-state index >= 15 is 0 Å². The predicted molar refractivity (Wildman–Crippen MR) is 103 cm³/mol. The zero-order valence-electron chi connectivity index (χ0n) is 15.3. The number of methoxy groups -OCH3 is 1. The van der Waals surface area contributed by atoms with Gasteiger partial charge in [0.05, 0.1) is 17.9 Å². The Kier molecular flexibility index (Phi) is 6.13. The topological polar surface area (TPSA) is 75.7 Å². The summed E-state index contributed by atoms with van der Waals surface area (Å²) in [5, 5.41) is 2.92. The van der Waals surface area contributed by atoms with Crippen LogP contribution in [-0.2, 0) is 21.4 Å². The quantitative estimate of drug-likeness (QED) is 0.825. The fourth-order valence-corrected chi connectivity index (χ4v) is 4.74. The van der Waals surface area contributed by atoms with E-state index in [-0.39, 0.29) is 23.3 Å². The zero-order valence-corrected chi connectivity index (χ0v) is 16.1. The molecule has 0 aliphatic carbocycles. The molecular weight excluding hydrogens is 364 g/mol. The summed E-state index contributed by atoms with van der Waals surface area (Å²) in [6, 6.07) is 15.8. The smallest absolute Gasteiger partial charge is 0.243 e. The van der Waals surface area contributed by atoms with Crippen molar-refractivity contribution in [3.05, 3.63) is 60.2 Å². The van der Waals surface area contributed by atoms with Crippen molar-refractivity contribution in [3.63, 3.8) is 0 Å². The average molecular weight is 388 g/mol. The summed E-state index contributed by atoms with van der Waals surface area (Å²) in [5.41, 5.74) is 0.966. The molecule has 6 nitrogen and oxygen atoms in total. The maximum Gasteiger partial charge on any atom is 0.243 e. The molecule has 0 bridgehead atoms. The maximum atomic E-state index is 12.8. The molecule has 1 atom stereocenters. The lowest BCUT2D eigenvalue weighted by Gasteiger charge is -2.31. The second-order valence-electron chi connectivity index (χ2n) is 6.58. The number of sulfonamides is 1. The molecular formula is C20H24N2O4S. The average Bonchev–Trinajstić information content (AvgIpc) is 2.73. The zero-order chi connectivity index (χ0) is 19.3. The van der Waals surface area contributed by atoms with Crippen LogP contribution in [0.25, 0.3) is 0 Å². The van der Waals surface area contributed by atoms with Crippen molar-refractivity contribution in [2.24, 2.45) is 5.92 Å². The van der Waals surface area contributed by atoms with Crippen molar-refractivity contribution < 1.29 is 17.9 Å². The molecule has 0 aromatic heterocycles. The number of carbonyl (C=O) groups is 1. The van der Waals surface area contributed by atoms with Crippen LogP contribution in [0.1, 0.15) is 18.4 Å². The first-order chi connectivity index (χ1) is 13.0. The van der Waals surface area contributed by atoms with Gasteiger partial charge in [0.2, 0.25) is 15.9 Å². The van der Waals surface area contributed by atoms with Crippen LogP contribution in [0, 0.1) is 5.92 Å². The van der Waals surface area contributed by atoms with Crippen molar-refractivity contribution in [2.45, 2.75) is 24.3 Å². The number of benzene rings is 2. The van der Waals surface area contributed by atoms with E-state index in [0.29, 0.717) is 25.9 Å². The Bertz CT molecular complexity index is 867. The number of nitrogens with one attached hydrogen (secondary N) is 1. The number of ether oxygens (including phenoxy) is 1. The molecule has 1 heterocycles. The molecule has 7 heteroatoms. The number of nitrogens with zero attached hydrogens (tertiary/aromatic N) is 1. The molecule has 1 amide bonds. The van der Waals surface area contributed by atoms with Crippen LogP contribution in [0.15, 0.2) is 59.5 Å². The molecule has 0 saturated carbocycles. The minimum absolute atomic E-state index is 0.112. The third-order valence-electron chi connectivity index (χ3n) is 4.76. The summed E-state index contributed by atoms with van der Waals surface area (Å²) in [6.07, 6.45) is 1.36. The van der Waals surface area contributed by atoms with Gasteiger partial charge in [-0.15, -0.1) is 0 Å². The maximum absolute atomic E-state index is 12.8. The summed E-state index contributed by atoms with van der Waals surface area (Å²) < 4.78 is 32.1. The molecule has 2 aromatic carbocycles. The first-order valence-electron chi connectivity index (χ1n) is 8.96. The number of hydrogen-bond donors (Lipinski definition) is 1. The van der Waals surface area contributed by atoms with Crippen molar-refractivity contribution >= 4 is 15.9 Å². The Morgan fingerprint density at radius 3 is 2.52 bits per heavy atom. The highest BCUT2D eigenvalue weighted by Crippen LogP contribution is 2.24. The molecule has 2 aromatic rings. The van der Waals surface area contributed by atoms with Gasteiger partial charge in [0.1, 0.15) is 5.75 Å². The molecule has 1 saturated heterocycles. The largest absolute Gasteiger partial charge is 0.497 e. The SMILES string of the molecule is COc1ccc(CNC(=O)[C@@H]2CCCN(S(=O)(=O)c3ccccc3)C2)cc1. The molecule has 1 aliphatic heterocycles. The standard InChI is InChI=1S/C20H24N2O4S/c1-26-18-11-9-16(10-12-18)14-21-20(23)17-6-5-13-22(15-17)27(24,25)19-7-3-2-4-8-19/h2-4,7-12,17H,5-6,13-15H2,1H3,(H,21,23)/t17-/m1/s1. The highest BCUT2D eigenvalue weighted by Gasteiger charge is 2.33. The number of carbonyl (C=O) groups excluding carboxylic acids is 1. The first kappa shape index (κ1) is 19.4. The minimum atomic E-state index is -3.56. The van der Waals surface area contributed by atoms with E-state index in [0.717, 1.165) is 11.3 Å². The van der Waals surface area contributed by atoms with E-state index in [2.05, 4.69) is 5.32 Å². The van der Waals surface area contributed by atoms with Gasteiger partial charge in [0.15, 0.2) is 0 Å². The van der Waals surface area contributed by atoms with Crippen LogP contribution in [0.3, 0.4) is 0 Å². The lowest BCUT2D eigenvalue weighted by molar-refractivity contribution is -0.126. The van der Waals surface area contributed by atoms with Gasteiger partial charge in [-0.25, -0.2) is 8.42 Å². The van der Waals surface area contributed by atoms with Gasteiger partial charge >= 0.3 is 0 Å². The normalized spacial score (nSPS) is 18.0. The third kappa shape index (κ3) is 4.67. The van der Waals surface area contributed by atoms with Crippen LogP contribution in [-0.4, -0.2) is 38.8 Å². The fraction of sp³-hybridized carbons (Fsp3) is 0.350. The third-order valence-corrected chi connectivity index (χ3v) is 6.64. The molecule has 144 valence electrons. The van der Waals surface area contributed by atoms with Crippen LogP contribution < -0.4 is 10.1 Å². The van der Waals surface area contributed by atoms with Crippen molar-refractivity contribution in [3.8, 4) is 5.75 Å². The molecule has 0 radical (unpaired) electrons. The first-order valence-corrected chi connectivity index (χ1v) is 10.4. The van der Waals surface area contributed by atoms with E-state index in [9.17, 15) is 13.2 Å². The predicted octanol–water partition coefficient (Wildman–Crippen LogP) is 2.41. The summed E-state index contributed by atoms with van der Waals surface area (Å²) >= 11 is 0. The summed E-state index contributed by atoms with van der Waals surface area (Å²) in [7, 11) is -1.96. The fourth-order valence-electron chi connectivity index (χ4n) is 3.19. The number of rotatable bonds is 6. The summed E-state index contributed by atoms with van der Waals surface area (Å²) in [4.78, 5) is 12.8. The van der Waals surface area contributed by atoms with Crippen LogP contribution in [0.2, 0.25) is 0 Å². The Labute approximate surface area is 160 Å². The number of piperidine rings is 1. The highest BCUT2D eigenvalue weighted by atomic mass is 32.2. The molecule has 0 spiro atoms. The number of amides is 1. The van der Waals surface area contributed by atoms with E-state index in [1.807, 2.05) is 24.3 Å². The van der Waals surface area contributed by atoms with Gasteiger partial charge in [0.25, 0.3) is 0 Å². The second-order valence-corrected chi connectivity index (χ2v) is 8.52. The number of hydrogen-bond acceptors (Lipinski definition) is 4. The molecule has 27 heavy (non-hydrogen) atoms. The van der Waals surface area contributed by atoms with Gasteiger partial charge in [-0.05, 0) is 42.7 Å². The van der Waals surface area contributed by atoms with Crippen LogP contribution in [0.4, 0.5) is 0 Å². The van der Waals surface area contributed by atoms with Gasteiger partial charge < -0.3 is 10.1 Å². The molecule has 1 aliphatic rings. The van der Waals surface area contributed by atoms with Gasteiger partial charge in [-0.2, -0.15) is 4.31 Å². The van der Waals surface area contributed by atoms with Gasteiger partial charge in [-0.1, -0.05) is 30.3 Å². The van der Waals surface area contributed by atoms with Crippen LogP contribution in [0.5, 0.6) is 5.75 Å². The lowest BCUT2D eigenvalue weighted by Crippen LogP contribution is -2.45. The van der Waals surface area contributed by atoms with E-state index in [4.69, 9.17) is 4.74 Å². The van der Waals surface area contributed by atoms with Crippen molar-refractivity contribution in [2.75, 3.05) is 20.2 Å². The minimum Gasteiger partial charge on any atom is -0.497 e.